The number of hydrogen-bond donors (Lipinski definition) is 0. The first-order valence-electron chi connectivity index (χ1n) is 10.8. The lowest BCUT2D eigenvalue weighted by Crippen LogP contribution is -2.42. The topological polar surface area (TPSA) is 49.9 Å². The van der Waals surface area contributed by atoms with E-state index in [0.29, 0.717) is 59.8 Å². The second kappa shape index (κ2) is 8.53. The standard InChI is InChI=1S/C25H27FN2O3/c1-4-31-21-11-9-20(10-12-21)28-24(29)22(18-5-7-19(26)8-6-18)23(25(28)30)27-14-16(2)13-17(3)15-27/h5-12,16-17H,4,13-15H2,1-3H3. The minimum atomic E-state index is -0.387. The molecule has 2 aromatic rings. The molecule has 6 heteroatoms. The van der Waals surface area contributed by atoms with Crippen LogP contribution >= 0.6 is 0 Å². The van der Waals surface area contributed by atoms with Gasteiger partial charge in [0.2, 0.25) is 0 Å². The van der Waals surface area contributed by atoms with Crippen LogP contribution in [0.15, 0.2) is 54.2 Å². The van der Waals surface area contributed by atoms with Gasteiger partial charge >= 0.3 is 0 Å². The number of anilines is 1. The Morgan fingerprint density at radius 2 is 1.55 bits per heavy atom. The second-order valence-electron chi connectivity index (χ2n) is 8.45. The Balaban J connectivity index is 1.77. The average molecular weight is 423 g/mol. The fourth-order valence-electron chi connectivity index (χ4n) is 4.63. The van der Waals surface area contributed by atoms with E-state index in [1.165, 1.54) is 17.0 Å². The van der Waals surface area contributed by atoms with Crippen LogP contribution in [0.4, 0.5) is 10.1 Å². The van der Waals surface area contributed by atoms with E-state index in [1.807, 2.05) is 11.8 Å². The molecule has 0 aromatic heterocycles. The van der Waals surface area contributed by atoms with Gasteiger partial charge in [-0.25, -0.2) is 9.29 Å². The molecule has 0 N–H and O–H groups in total. The smallest absolute Gasteiger partial charge is 0.282 e. The van der Waals surface area contributed by atoms with Gasteiger partial charge in [-0.3, -0.25) is 9.59 Å². The Labute approximate surface area is 182 Å². The number of ether oxygens (including phenoxy) is 1. The molecule has 0 aliphatic carbocycles. The summed E-state index contributed by atoms with van der Waals surface area (Å²) in [5, 5.41) is 0. The molecule has 0 radical (unpaired) electrons. The van der Waals surface area contributed by atoms with Gasteiger partial charge < -0.3 is 9.64 Å². The second-order valence-corrected chi connectivity index (χ2v) is 8.45. The van der Waals surface area contributed by atoms with Gasteiger partial charge in [0.15, 0.2) is 0 Å². The summed E-state index contributed by atoms with van der Waals surface area (Å²) in [5.74, 6) is 0.389. The number of benzene rings is 2. The number of likely N-dealkylation sites (tertiary alicyclic amines) is 1. The maximum Gasteiger partial charge on any atom is 0.282 e. The molecule has 0 spiro atoms. The first-order chi connectivity index (χ1) is 14.9. The van der Waals surface area contributed by atoms with Crippen LogP contribution in [-0.2, 0) is 9.59 Å². The van der Waals surface area contributed by atoms with Crippen molar-refractivity contribution in [2.75, 3.05) is 24.6 Å². The van der Waals surface area contributed by atoms with Gasteiger partial charge in [-0.2, -0.15) is 0 Å². The fraction of sp³-hybridized carbons (Fsp3) is 0.360. The number of rotatable bonds is 5. The molecule has 2 amide bonds. The Kier molecular flexibility index (Phi) is 5.81. The van der Waals surface area contributed by atoms with Crippen molar-refractivity contribution in [1.29, 1.82) is 0 Å². The lowest BCUT2D eigenvalue weighted by molar-refractivity contribution is -0.120. The predicted molar refractivity (Wildman–Crippen MR) is 118 cm³/mol. The number of imide groups is 1. The highest BCUT2D eigenvalue weighted by Gasteiger charge is 2.43. The molecule has 4 rings (SSSR count). The average Bonchev–Trinajstić information content (AvgIpc) is 2.99. The zero-order valence-corrected chi connectivity index (χ0v) is 18.1. The molecule has 31 heavy (non-hydrogen) atoms. The highest BCUT2D eigenvalue weighted by atomic mass is 19.1. The number of carbonyl (C=O) groups is 2. The normalized spacial score (nSPS) is 21.8. The summed E-state index contributed by atoms with van der Waals surface area (Å²) >= 11 is 0. The maximum absolute atomic E-state index is 13.6. The molecule has 2 unspecified atom stereocenters. The van der Waals surface area contributed by atoms with Crippen molar-refractivity contribution >= 4 is 23.1 Å². The molecular weight excluding hydrogens is 395 g/mol. The Hall–Kier alpha value is -3.15. The van der Waals surface area contributed by atoms with E-state index < -0.39 is 0 Å². The molecular formula is C25H27FN2O3. The fourth-order valence-corrected chi connectivity index (χ4v) is 4.63. The van der Waals surface area contributed by atoms with Crippen molar-refractivity contribution in [3.63, 3.8) is 0 Å². The molecule has 0 saturated carbocycles. The number of piperidine rings is 1. The summed E-state index contributed by atoms with van der Waals surface area (Å²) in [6.07, 6.45) is 1.08. The van der Waals surface area contributed by atoms with Crippen LogP contribution in [-0.4, -0.2) is 36.4 Å². The number of halogens is 1. The first-order valence-corrected chi connectivity index (χ1v) is 10.8. The van der Waals surface area contributed by atoms with E-state index in [9.17, 15) is 14.0 Å². The van der Waals surface area contributed by atoms with E-state index in [2.05, 4.69) is 13.8 Å². The number of nitrogens with zero attached hydrogens (tertiary/aromatic N) is 2. The number of carbonyl (C=O) groups excluding carboxylic acids is 2. The van der Waals surface area contributed by atoms with Gasteiger partial charge in [0.1, 0.15) is 17.3 Å². The van der Waals surface area contributed by atoms with Crippen LogP contribution in [0.2, 0.25) is 0 Å². The van der Waals surface area contributed by atoms with Crippen LogP contribution in [0.3, 0.4) is 0 Å². The molecule has 2 atom stereocenters. The molecule has 1 saturated heterocycles. The van der Waals surface area contributed by atoms with Crippen LogP contribution in [0.1, 0.15) is 32.8 Å². The lowest BCUT2D eigenvalue weighted by atomic mass is 9.91. The van der Waals surface area contributed by atoms with E-state index in [4.69, 9.17) is 4.74 Å². The minimum absolute atomic E-state index is 0.334. The molecule has 2 heterocycles. The van der Waals surface area contributed by atoms with Crippen molar-refractivity contribution < 1.29 is 18.7 Å². The first kappa shape index (κ1) is 21.1. The molecule has 2 aliphatic heterocycles. The van der Waals surface area contributed by atoms with Gasteiger partial charge in [0.05, 0.1) is 17.9 Å². The predicted octanol–water partition coefficient (Wildman–Crippen LogP) is 4.49. The van der Waals surface area contributed by atoms with Crippen LogP contribution in [0.5, 0.6) is 5.75 Å². The zero-order chi connectivity index (χ0) is 22.1. The third-order valence-corrected chi connectivity index (χ3v) is 5.78. The monoisotopic (exact) mass is 422 g/mol. The minimum Gasteiger partial charge on any atom is -0.494 e. The zero-order valence-electron chi connectivity index (χ0n) is 18.1. The molecule has 1 fully saturated rings. The summed E-state index contributed by atoms with van der Waals surface area (Å²) in [5.41, 5.74) is 1.78. The third kappa shape index (κ3) is 4.07. The number of hydrogen-bond acceptors (Lipinski definition) is 4. The molecule has 162 valence electrons. The van der Waals surface area contributed by atoms with E-state index in [1.54, 1.807) is 36.4 Å². The van der Waals surface area contributed by atoms with Crippen LogP contribution in [0.25, 0.3) is 5.57 Å². The Bertz CT molecular complexity index is 1000. The van der Waals surface area contributed by atoms with Crippen molar-refractivity contribution in [1.82, 2.24) is 4.90 Å². The summed E-state index contributed by atoms with van der Waals surface area (Å²) in [6.45, 7) is 8.17. The SMILES string of the molecule is CCOc1ccc(N2C(=O)C(c3ccc(F)cc3)=C(N3CC(C)CC(C)C3)C2=O)cc1. The van der Waals surface area contributed by atoms with E-state index in [0.717, 1.165) is 6.42 Å². The van der Waals surface area contributed by atoms with Gasteiger partial charge in [-0.15, -0.1) is 0 Å². The van der Waals surface area contributed by atoms with E-state index >= 15 is 0 Å². The van der Waals surface area contributed by atoms with Gasteiger partial charge in [0, 0.05) is 13.1 Å². The largest absolute Gasteiger partial charge is 0.494 e. The van der Waals surface area contributed by atoms with Gasteiger partial charge in [-0.1, -0.05) is 26.0 Å². The van der Waals surface area contributed by atoms with Crippen molar-refractivity contribution in [3.05, 3.63) is 65.6 Å². The number of amides is 2. The highest BCUT2D eigenvalue weighted by molar-refractivity contribution is 6.45. The van der Waals surface area contributed by atoms with Gasteiger partial charge in [0.25, 0.3) is 11.8 Å². The van der Waals surface area contributed by atoms with Crippen molar-refractivity contribution in [2.45, 2.75) is 27.2 Å². The third-order valence-electron chi connectivity index (χ3n) is 5.78. The van der Waals surface area contributed by atoms with Crippen molar-refractivity contribution in [2.24, 2.45) is 11.8 Å². The Morgan fingerprint density at radius 1 is 0.935 bits per heavy atom. The summed E-state index contributed by atoms with van der Waals surface area (Å²) in [4.78, 5) is 30.4. The van der Waals surface area contributed by atoms with Crippen LogP contribution in [0, 0.1) is 17.7 Å². The van der Waals surface area contributed by atoms with Gasteiger partial charge in [-0.05, 0) is 67.1 Å². The van der Waals surface area contributed by atoms with Crippen molar-refractivity contribution in [3.8, 4) is 5.75 Å². The maximum atomic E-state index is 13.6. The summed E-state index contributed by atoms with van der Waals surface area (Å²) in [7, 11) is 0. The summed E-state index contributed by atoms with van der Waals surface area (Å²) in [6, 6.07) is 12.7. The van der Waals surface area contributed by atoms with Crippen LogP contribution < -0.4 is 9.64 Å². The molecule has 5 nitrogen and oxygen atoms in total. The molecule has 2 aromatic carbocycles. The summed E-state index contributed by atoms with van der Waals surface area (Å²) < 4.78 is 19.0. The quantitative estimate of drug-likeness (QED) is 0.667. The lowest BCUT2D eigenvalue weighted by Gasteiger charge is -2.37. The highest BCUT2D eigenvalue weighted by Crippen LogP contribution is 2.37. The Morgan fingerprint density at radius 3 is 2.13 bits per heavy atom. The molecule has 2 aliphatic rings. The molecule has 0 bridgehead atoms. The van der Waals surface area contributed by atoms with E-state index in [-0.39, 0.29) is 17.6 Å².